The van der Waals surface area contributed by atoms with Crippen LogP contribution < -0.4 is 5.32 Å². The quantitative estimate of drug-likeness (QED) is 0.769. The van der Waals surface area contributed by atoms with Crippen molar-refractivity contribution in [2.75, 3.05) is 26.2 Å². The van der Waals surface area contributed by atoms with Gasteiger partial charge in [-0.25, -0.2) is 0 Å². The van der Waals surface area contributed by atoms with E-state index < -0.39 is 11.7 Å². The molecule has 2 nitrogen and oxygen atoms in total. The normalized spacial score (nSPS) is 16.8. The minimum atomic E-state index is -4.31. The molecular formula is C16H23Cl2F3N2. The van der Waals surface area contributed by atoms with Gasteiger partial charge in [-0.15, -0.1) is 31.4 Å². The van der Waals surface area contributed by atoms with Crippen LogP contribution >= 0.6 is 24.8 Å². The predicted octanol–water partition coefficient (Wildman–Crippen LogP) is 4.46. The number of hydrogen-bond donors (Lipinski definition) is 1. The Bertz CT molecular complexity index is 475. The van der Waals surface area contributed by atoms with E-state index in [0.29, 0.717) is 18.4 Å². The lowest BCUT2D eigenvalue weighted by Crippen LogP contribution is -2.45. The zero-order valence-electron chi connectivity index (χ0n) is 12.8. The molecule has 1 aromatic rings. The molecule has 1 aliphatic rings. The standard InChI is InChI=1S/C16H21F3N2.2ClH/c1-2-3-8-15(21-11-9-20-10-12-21)13-6-4-5-7-14(13)16(17,18)19;;/h2,4-7,15,20H,1,3,8-12H2;2*1H/t15-;;/m0../s1. The summed E-state index contributed by atoms with van der Waals surface area (Å²) in [5.74, 6) is 0. The highest BCUT2D eigenvalue weighted by Gasteiger charge is 2.36. The van der Waals surface area contributed by atoms with E-state index >= 15 is 0 Å². The molecule has 23 heavy (non-hydrogen) atoms. The molecule has 0 amide bonds. The molecule has 0 unspecified atom stereocenters. The second-order valence-electron chi connectivity index (χ2n) is 5.25. The van der Waals surface area contributed by atoms with E-state index in [-0.39, 0.29) is 30.9 Å². The van der Waals surface area contributed by atoms with Crippen molar-refractivity contribution < 1.29 is 13.2 Å². The topological polar surface area (TPSA) is 15.3 Å². The van der Waals surface area contributed by atoms with Crippen LogP contribution in [0.2, 0.25) is 0 Å². The highest BCUT2D eigenvalue weighted by molar-refractivity contribution is 5.85. The summed E-state index contributed by atoms with van der Waals surface area (Å²) in [4.78, 5) is 2.14. The summed E-state index contributed by atoms with van der Waals surface area (Å²) in [5, 5.41) is 3.24. The first kappa shape index (κ1) is 22.2. The zero-order valence-corrected chi connectivity index (χ0v) is 14.4. The van der Waals surface area contributed by atoms with Gasteiger partial charge in [-0.05, 0) is 24.5 Å². The van der Waals surface area contributed by atoms with Crippen LogP contribution in [0.25, 0.3) is 0 Å². The number of allylic oxidation sites excluding steroid dienone is 1. The number of hydrogen-bond acceptors (Lipinski definition) is 2. The van der Waals surface area contributed by atoms with Crippen LogP contribution in [0, 0.1) is 0 Å². The number of nitrogens with zero attached hydrogens (tertiary/aromatic N) is 1. The monoisotopic (exact) mass is 370 g/mol. The lowest BCUT2D eigenvalue weighted by molar-refractivity contribution is -0.138. The summed E-state index contributed by atoms with van der Waals surface area (Å²) in [6.07, 6.45) is -1.17. The van der Waals surface area contributed by atoms with Gasteiger partial charge < -0.3 is 5.32 Å². The van der Waals surface area contributed by atoms with Crippen molar-refractivity contribution in [2.45, 2.75) is 25.1 Å². The maximum Gasteiger partial charge on any atom is 0.416 e. The molecule has 1 saturated heterocycles. The van der Waals surface area contributed by atoms with Gasteiger partial charge in [-0.1, -0.05) is 24.3 Å². The molecule has 7 heteroatoms. The number of rotatable bonds is 5. The fourth-order valence-corrected chi connectivity index (χ4v) is 2.85. The first-order valence-electron chi connectivity index (χ1n) is 7.26. The highest BCUT2D eigenvalue weighted by atomic mass is 35.5. The summed E-state index contributed by atoms with van der Waals surface area (Å²) in [6.45, 7) is 6.87. The smallest absolute Gasteiger partial charge is 0.314 e. The molecule has 0 spiro atoms. The van der Waals surface area contributed by atoms with E-state index in [2.05, 4.69) is 16.8 Å². The second kappa shape index (κ2) is 10.2. The van der Waals surface area contributed by atoms with E-state index in [1.807, 2.05) is 0 Å². The van der Waals surface area contributed by atoms with Crippen molar-refractivity contribution in [1.29, 1.82) is 0 Å². The minimum Gasteiger partial charge on any atom is -0.314 e. The van der Waals surface area contributed by atoms with E-state index in [0.717, 1.165) is 26.2 Å². The lowest BCUT2D eigenvalue weighted by atomic mass is 9.94. The van der Waals surface area contributed by atoms with Crippen molar-refractivity contribution in [2.24, 2.45) is 0 Å². The molecule has 0 radical (unpaired) electrons. The fraction of sp³-hybridized carbons (Fsp3) is 0.500. The van der Waals surface area contributed by atoms with Gasteiger partial charge >= 0.3 is 6.18 Å². The largest absolute Gasteiger partial charge is 0.416 e. The third-order valence-corrected chi connectivity index (χ3v) is 3.86. The number of alkyl halides is 3. The van der Waals surface area contributed by atoms with Crippen LogP contribution in [0.5, 0.6) is 0 Å². The molecule has 1 N–H and O–H groups in total. The maximum atomic E-state index is 13.2. The Kier molecular flexibility index (Phi) is 9.85. The Hall–Kier alpha value is -0.750. The van der Waals surface area contributed by atoms with Gasteiger partial charge in [-0.3, -0.25) is 4.90 Å². The van der Waals surface area contributed by atoms with Crippen molar-refractivity contribution in [3.8, 4) is 0 Å². The molecule has 0 aliphatic carbocycles. The molecule has 0 bridgehead atoms. The summed E-state index contributed by atoms with van der Waals surface area (Å²) >= 11 is 0. The van der Waals surface area contributed by atoms with Crippen LogP contribution in [-0.2, 0) is 6.18 Å². The Morgan fingerprint density at radius 1 is 1.17 bits per heavy atom. The molecule has 132 valence electrons. The second-order valence-corrected chi connectivity index (χ2v) is 5.25. The van der Waals surface area contributed by atoms with Gasteiger partial charge in [0.2, 0.25) is 0 Å². The molecule has 1 heterocycles. The van der Waals surface area contributed by atoms with Gasteiger partial charge in [0.1, 0.15) is 0 Å². The molecule has 1 fully saturated rings. The van der Waals surface area contributed by atoms with Crippen LogP contribution in [0.15, 0.2) is 36.9 Å². The fourth-order valence-electron chi connectivity index (χ4n) is 2.85. The van der Waals surface area contributed by atoms with Gasteiger partial charge in [0.25, 0.3) is 0 Å². The minimum absolute atomic E-state index is 0. The molecule has 0 aromatic heterocycles. The summed E-state index contributed by atoms with van der Waals surface area (Å²) < 4.78 is 39.7. The first-order valence-corrected chi connectivity index (χ1v) is 7.26. The average Bonchev–Trinajstić information content (AvgIpc) is 2.48. The number of halogens is 5. The van der Waals surface area contributed by atoms with Gasteiger partial charge in [0, 0.05) is 32.2 Å². The average molecular weight is 371 g/mol. The van der Waals surface area contributed by atoms with Gasteiger partial charge in [-0.2, -0.15) is 13.2 Å². The number of piperazine rings is 1. The third-order valence-electron chi connectivity index (χ3n) is 3.86. The molecule has 1 aliphatic heterocycles. The van der Waals surface area contributed by atoms with Crippen molar-refractivity contribution in [1.82, 2.24) is 10.2 Å². The van der Waals surface area contributed by atoms with E-state index in [1.165, 1.54) is 12.1 Å². The number of nitrogens with one attached hydrogen (secondary N) is 1. The van der Waals surface area contributed by atoms with Crippen molar-refractivity contribution >= 4 is 24.8 Å². The van der Waals surface area contributed by atoms with Crippen molar-refractivity contribution in [3.63, 3.8) is 0 Å². The van der Waals surface area contributed by atoms with Crippen LogP contribution in [0.4, 0.5) is 13.2 Å². The Morgan fingerprint density at radius 2 is 1.78 bits per heavy atom. The summed E-state index contributed by atoms with van der Waals surface area (Å²) in [5.41, 5.74) is -0.133. The molecular weight excluding hydrogens is 348 g/mol. The summed E-state index contributed by atoms with van der Waals surface area (Å²) in [6, 6.07) is 5.72. The molecule has 1 aromatic carbocycles. The van der Waals surface area contributed by atoms with Gasteiger partial charge in [0.05, 0.1) is 5.56 Å². The number of benzene rings is 1. The van der Waals surface area contributed by atoms with E-state index in [4.69, 9.17) is 0 Å². The SMILES string of the molecule is C=CCC[C@@H](c1ccccc1C(F)(F)F)N1CCNCC1.Cl.Cl. The highest BCUT2D eigenvalue weighted by Crippen LogP contribution is 2.38. The predicted molar refractivity (Wildman–Crippen MR) is 92.6 cm³/mol. The maximum absolute atomic E-state index is 13.2. The zero-order chi connectivity index (χ0) is 15.3. The van der Waals surface area contributed by atoms with E-state index in [1.54, 1.807) is 18.2 Å². The molecule has 2 rings (SSSR count). The third kappa shape index (κ3) is 5.99. The van der Waals surface area contributed by atoms with Crippen molar-refractivity contribution in [3.05, 3.63) is 48.0 Å². The van der Waals surface area contributed by atoms with Crippen LogP contribution in [0.3, 0.4) is 0 Å². The van der Waals surface area contributed by atoms with Gasteiger partial charge in [0.15, 0.2) is 0 Å². The first-order chi connectivity index (χ1) is 10.0. The van der Waals surface area contributed by atoms with Crippen LogP contribution in [0.1, 0.15) is 30.0 Å². The summed E-state index contributed by atoms with van der Waals surface area (Å²) in [7, 11) is 0. The molecule has 1 atom stereocenters. The lowest BCUT2D eigenvalue weighted by Gasteiger charge is -2.36. The Labute approximate surface area is 147 Å². The Morgan fingerprint density at radius 3 is 2.35 bits per heavy atom. The Balaban J connectivity index is 0.00000242. The van der Waals surface area contributed by atoms with E-state index in [9.17, 15) is 13.2 Å². The van der Waals surface area contributed by atoms with Crippen LogP contribution in [-0.4, -0.2) is 31.1 Å². The molecule has 0 saturated carbocycles.